The number of benzene rings is 2. The van der Waals surface area contributed by atoms with Gasteiger partial charge in [-0.25, -0.2) is 4.79 Å². The number of amides is 1. The van der Waals surface area contributed by atoms with Crippen LogP contribution >= 0.6 is 0 Å². The molecule has 0 bridgehead atoms. The molecule has 2 rings (SSSR count). The number of hydrogen-bond donors (Lipinski definition) is 1. The maximum Gasteiger partial charge on any atom is 0.407 e. The van der Waals surface area contributed by atoms with Crippen molar-refractivity contribution in [3.8, 4) is 0 Å². The van der Waals surface area contributed by atoms with Gasteiger partial charge in [-0.15, -0.1) is 0 Å². The van der Waals surface area contributed by atoms with Crippen molar-refractivity contribution in [3.05, 3.63) is 71.8 Å². The predicted octanol–water partition coefficient (Wildman–Crippen LogP) is 3.53. The fourth-order valence-electron chi connectivity index (χ4n) is 2.55. The lowest BCUT2D eigenvalue weighted by atomic mass is 10.1. The molecule has 0 aromatic heterocycles. The van der Waals surface area contributed by atoms with Crippen molar-refractivity contribution in [1.82, 2.24) is 5.32 Å². The van der Waals surface area contributed by atoms with Crippen LogP contribution in [0, 0.1) is 0 Å². The van der Waals surface area contributed by atoms with Crippen LogP contribution in [-0.2, 0) is 27.2 Å². The lowest BCUT2D eigenvalue weighted by Gasteiger charge is -2.25. The minimum absolute atomic E-state index is 0.412. The highest BCUT2D eigenvalue weighted by Gasteiger charge is 2.25. The summed E-state index contributed by atoms with van der Waals surface area (Å²) in [5.41, 5.74) is 2.18. The van der Waals surface area contributed by atoms with Crippen molar-refractivity contribution >= 4 is 6.09 Å². The fraction of sp³-hybridized carbons (Fsp3) is 0.350. The van der Waals surface area contributed by atoms with Crippen LogP contribution in [0.15, 0.2) is 60.7 Å². The van der Waals surface area contributed by atoms with Gasteiger partial charge in [0.1, 0.15) is 0 Å². The second-order valence-corrected chi connectivity index (χ2v) is 5.65. The van der Waals surface area contributed by atoms with Crippen LogP contribution in [0.5, 0.6) is 0 Å². The molecule has 0 saturated heterocycles. The van der Waals surface area contributed by atoms with Crippen LogP contribution in [0.4, 0.5) is 4.79 Å². The zero-order valence-electron chi connectivity index (χ0n) is 14.7. The Bertz CT molecular complexity index is 614. The van der Waals surface area contributed by atoms with Crippen LogP contribution in [0.3, 0.4) is 0 Å². The lowest BCUT2D eigenvalue weighted by Crippen LogP contribution is -2.38. The lowest BCUT2D eigenvalue weighted by molar-refractivity contribution is -0.165. The number of carbonyl (C=O) groups excluding carboxylic acids is 1. The van der Waals surface area contributed by atoms with Crippen LogP contribution in [0.1, 0.15) is 17.5 Å². The Morgan fingerprint density at radius 3 is 2.04 bits per heavy atom. The number of ether oxygens (including phenoxy) is 3. The zero-order chi connectivity index (χ0) is 17.9. The summed E-state index contributed by atoms with van der Waals surface area (Å²) < 4.78 is 16.1. The maximum absolute atomic E-state index is 12.1. The largest absolute Gasteiger partial charge is 0.441 e. The molecule has 0 aliphatic carbocycles. The van der Waals surface area contributed by atoms with Gasteiger partial charge in [0.25, 0.3) is 0 Å². The Labute approximate surface area is 148 Å². The molecule has 0 spiro atoms. The van der Waals surface area contributed by atoms with Crippen molar-refractivity contribution in [3.63, 3.8) is 0 Å². The molecular weight excluding hydrogens is 318 g/mol. The van der Waals surface area contributed by atoms with Crippen molar-refractivity contribution in [1.29, 1.82) is 0 Å². The van der Waals surface area contributed by atoms with E-state index in [9.17, 15) is 4.79 Å². The van der Waals surface area contributed by atoms with E-state index in [1.807, 2.05) is 60.7 Å². The number of alkyl carbamates (subject to hydrolysis) is 1. The molecule has 2 aromatic carbocycles. The molecule has 1 unspecified atom stereocenters. The van der Waals surface area contributed by atoms with E-state index in [4.69, 9.17) is 14.2 Å². The van der Waals surface area contributed by atoms with Gasteiger partial charge >= 0.3 is 6.09 Å². The summed E-state index contributed by atoms with van der Waals surface area (Å²) in [6.07, 6.45) is -0.214. The summed E-state index contributed by atoms with van der Waals surface area (Å²) in [5, 5.41) is 2.76. The van der Waals surface area contributed by atoms with Gasteiger partial charge in [-0.1, -0.05) is 60.7 Å². The molecule has 1 N–H and O–H groups in total. The van der Waals surface area contributed by atoms with Gasteiger partial charge in [0.15, 0.2) is 12.4 Å². The molecule has 25 heavy (non-hydrogen) atoms. The third-order valence-electron chi connectivity index (χ3n) is 3.87. The standard InChI is InChI=1S/C20H25NO4/c1-23-19(24-2)18(14-13-16-9-5-3-6-10-16)25-20(22)21-15-17-11-7-4-8-12-17/h3-12,18-19H,13-15H2,1-2H3,(H,21,22). The summed E-state index contributed by atoms with van der Waals surface area (Å²) >= 11 is 0. The molecule has 134 valence electrons. The number of aryl methyl sites for hydroxylation is 1. The first-order chi connectivity index (χ1) is 12.2. The van der Waals surface area contributed by atoms with E-state index in [0.717, 1.165) is 12.0 Å². The van der Waals surface area contributed by atoms with Crippen molar-refractivity contribution in [2.24, 2.45) is 0 Å². The minimum Gasteiger partial charge on any atom is -0.441 e. The highest BCUT2D eigenvalue weighted by molar-refractivity contribution is 5.67. The third kappa shape index (κ3) is 6.57. The van der Waals surface area contributed by atoms with Crippen LogP contribution in [-0.4, -0.2) is 32.7 Å². The highest BCUT2D eigenvalue weighted by Crippen LogP contribution is 2.14. The monoisotopic (exact) mass is 343 g/mol. The Balaban J connectivity index is 1.89. The average molecular weight is 343 g/mol. The van der Waals surface area contributed by atoms with Crippen LogP contribution in [0.2, 0.25) is 0 Å². The molecule has 0 saturated carbocycles. The first-order valence-corrected chi connectivity index (χ1v) is 8.31. The smallest absolute Gasteiger partial charge is 0.407 e. The van der Waals surface area contributed by atoms with Gasteiger partial charge in [0, 0.05) is 20.8 Å². The van der Waals surface area contributed by atoms with E-state index < -0.39 is 18.5 Å². The Morgan fingerprint density at radius 1 is 0.920 bits per heavy atom. The third-order valence-corrected chi connectivity index (χ3v) is 3.87. The Hall–Kier alpha value is -2.37. The van der Waals surface area contributed by atoms with Gasteiger partial charge in [-0.3, -0.25) is 0 Å². The van der Waals surface area contributed by atoms with Crippen molar-refractivity contribution < 1.29 is 19.0 Å². The summed E-state index contributed by atoms with van der Waals surface area (Å²) in [4.78, 5) is 12.1. The van der Waals surface area contributed by atoms with Crippen LogP contribution < -0.4 is 5.32 Å². The van der Waals surface area contributed by atoms with E-state index in [1.165, 1.54) is 19.8 Å². The quantitative estimate of drug-likeness (QED) is 0.708. The first-order valence-electron chi connectivity index (χ1n) is 8.31. The molecule has 1 amide bonds. The molecule has 0 aliphatic rings. The summed E-state index contributed by atoms with van der Waals surface area (Å²) in [5.74, 6) is 0. The van der Waals surface area contributed by atoms with Gasteiger partial charge in [0.05, 0.1) is 0 Å². The van der Waals surface area contributed by atoms with E-state index >= 15 is 0 Å². The number of rotatable bonds is 9. The minimum atomic E-state index is -0.605. The van der Waals surface area contributed by atoms with Crippen molar-refractivity contribution in [2.45, 2.75) is 31.8 Å². The molecule has 1 atom stereocenters. The molecule has 2 aromatic rings. The summed E-state index contributed by atoms with van der Waals surface area (Å²) in [7, 11) is 3.07. The van der Waals surface area contributed by atoms with E-state index in [2.05, 4.69) is 5.32 Å². The average Bonchev–Trinajstić information content (AvgIpc) is 2.67. The number of hydrogen-bond acceptors (Lipinski definition) is 4. The second-order valence-electron chi connectivity index (χ2n) is 5.65. The second kappa shape index (κ2) is 10.5. The molecule has 0 radical (unpaired) electrons. The van der Waals surface area contributed by atoms with Gasteiger partial charge in [-0.2, -0.15) is 0 Å². The summed E-state index contributed by atoms with van der Waals surface area (Å²) in [6, 6.07) is 19.7. The molecule has 0 heterocycles. The van der Waals surface area contributed by atoms with Gasteiger partial charge in [-0.05, 0) is 24.0 Å². The highest BCUT2D eigenvalue weighted by atomic mass is 16.7. The number of nitrogens with one attached hydrogen (secondary N) is 1. The zero-order valence-corrected chi connectivity index (χ0v) is 14.7. The van der Waals surface area contributed by atoms with E-state index in [-0.39, 0.29) is 0 Å². The molecular formula is C20H25NO4. The van der Waals surface area contributed by atoms with Crippen molar-refractivity contribution in [2.75, 3.05) is 14.2 Å². The fourth-order valence-corrected chi connectivity index (χ4v) is 2.55. The molecule has 0 aliphatic heterocycles. The van der Waals surface area contributed by atoms with Gasteiger partial charge in [0.2, 0.25) is 0 Å². The first kappa shape index (κ1) is 19.0. The SMILES string of the molecule is COC(OC)C(CCc1ccccc1)OC(=O)NCc1ccccc1. The van der Waals surface area contributed by atoms with Crippen LogP contribution in [0.25, 0.3) is 0 Å². The maximum atomic E-state index is 12.1. The van der Waals surface area contributed by atoms with E-state index in [0.29, 0.717) is 13.0 Å². The molecule has 0 fully saturated rings. The topological polar surface area (TPSA) is 56.8 Å². The Kier molecular flexibility index (Phi) is 7.95. The Morgan fingerprint density at radius 2 is 1.48 bits per heavy atom. The molecule has 5 heteroatoms. The number of carbonyl (C=O) groups is 1. The molecule has 5 nitrogen and oxygen atoms in total. The van der Waals surface area contributed by atoms with E-state index in [1.54, 1.807) is 0 Å². The predicted molar refractivity (Wildman–Crippen MR) is 96.1 cm³/mol. The summed E-state index contributed by atoms with van der Waals surface area (Å²) in [6.45, 7) is 0.412. The number of methoxy groups -OCH3 is 2. The van der Waals surface area contributed by atoms with Gasteiger partial charge < -0.3 is 19.5 Å². The normalized spacial score (nSPS) is 12.0.